The second-order valence-electron chi connectivity index (χ2n) is 23.9. The van der Waals surface area contributed by atoms with Crippen molar-refractivity contribution in [2.75, 3.05) is 13.7 Å². The van der Waals surface area contributed by atoms with Gasteiger partial charge >= 0.3 is 0 Å². The molecular weight excluding hydrogens is 1010 g/mol. The Bertz CT molecular complexity index is 4370. The lowest BCUT2D eigenvalue weighted by Crippen LogP contribution is -2.56. The van der Waals surface area contributed by atoms with Gasteiger partial charge < -0.3 is 14.5 Å². The first-order chi connectivity index (χ1) is 40.9. The average Bonchev–Trinajstić information content (AvgIpc) is 3.49. The Morgan fingerprint density at radius 3 is 2.27 bits per heavy atom. The third-order valence-electron chi connectivity index (χ3n) is 19.2. The number of nitrogens with one attached hydrogen (secondary N) is 1. The van der Waals surface area contributed by atoms with Gasteiger partial charge in [-0.3, -0.25) is 4.90 Å². The van der Waals surface area contributed by atoms with Crippen molar-refractivity contribution < 1.29 is 9.15 Å². The van der Waals surface area contributed by atoms with Crippen LogP contribution >= 0.6 is 0 Å². The molecule has 0 saturated carbocycles. The molecule has 7 aliphatic rings. The summed E-state index contributed by atoms with van der Waals surface area (Å²) in [6, 6.07) is 65.4. The molecule has 9 aromatic rings. The molecular formula is C78H65N3O2. The van der Waals surface area contributed by atoms with Crippen molar-refractivity contribution in [3.05, 3.63) is 275 Å². The van der Waals surface area contributed by atoms with Crippen molar-refractivity contribution in [2.24, 2.45) is 10.9 Å². The highest BCUT2D eigenvalue weighted by molar-refractivity contribution is 6.06. The third kappa shape index (κ3) is 8.42. The van der Waals surface area contributed by atoms with Crippen molar-refractivity contribution in [3.63, 3.8) is 0 Å². The summed E-state index contributed by atoms with van der Waals surface area (Å²) in [7, 11) is 2.24. The molecule has 404 valence electrons. The summed E-state index contributed by atoms with van der Waals surface area (Å²) in [4.78, 5) is 8.09. The first kappa shape index (κ1) is 49.8. The van der Waals surface area contributed by atoms with Gasteiger partial charge in [-0.1, -0.05) is 202 Å². The van der Waals surface area contributed by atoms with Crippen LogP contribution in [0.3, 0.4) is 0 Å². The number of allylic oxidation sites excluding steroid dienone is 6. The van der Waals surface area contributed by atoms with E-state index in [1.807, 2.05) is 0 Å². The smallest absolute Gasteiger partial charge is 0.134 e. The lowest BCUT2D eigenvalue weighted by molar-refractivity contribution is 0.214. The molecule has 0 spiro atoms. The number of fused-ring (bicyclic) bond motifs is 12. The van der Waals surface area contributed by atoms with Gasteiger partial charge in [0, 0.05) is 28.9 Å². The van der Waals surface area contributed by atoms with E-state index in [-0.39, 0.29) is 24.2 Å². The van der Waals surface area contributed by atoms with Crippen LogP contribution in [0.1, 0.15) is 102 Å². The van der Waals surface area contributed by atoms with E-state index in [0.29, 0.717) is 12.5 Å². The first-order valence-electron chi connectivity index (χ1n) is 30.1. The summed E-state index contributed by atoms with van der Waals surface area (Å²) in [5.41, 5.74) is 28.6. The van der Waals surface area contributed by atoms with Crippen molar-refractivity contribution in [2.45, 2.75) is 76.0 Å². The Balaban J connectivity index is 0.729. The largest absolute Gasteiger partial charge is 0.493 e. The molecule has 1 aromatic heterocycles. The maximum atomic E-state index is 6.88. The first-order valence-corrected chi connectivity index (χ1v) is 30.1. The highest BCUT2D eigenvalue weighted by Gasteiger charge is 2.39. The van der Waals surface area contributed by atoms with Crippen molar-refractivity contribution in [1.29, 1.82) is 0 Å². The minimum atomic E-state index is -0.156. The highest BCUT2D eigenvalue weighted by Crippen LogP contribution is 2.52. The van der Waals surface area contributed by atoms with E-state index < -0.39 is 0 Å². The molecule has 0 bridgehead atoms. The number of rotatable bonds is 7. The molecule has 5 atom stereocenters. The van der Waals surface area contributed by atoms with Crippen LogP contribution in [-0.4, -0.2) is 36.7 Å². The van der Waals surface area contributed by atoms with E-state index in [2.05, 4.69) is 243 Å². The Hall–Kier alpha value is -9.03. The number of furan rings is 1. The lowest BCUT2D eigenvalue weighted by atomic mass is 9.80. The minimum Gasteiger partial charge on any atom is -0.493 e. The number of hydrogen-bond acceptors (Lipinski definition) is 5. The summed E-state index contributed by atoms with van der Waals surface area (Å²) in [5, 5.41) is 5.26. The predicted octanol–water partition coefficient (Wildman–Crippen LogP) is 18.8. The van der Waals surface area contributed by atoms with Gasteiger partial charge in [0.25, 0.3) is 0 Å². The molecule has 0 fully saturated rings. The summed E-state index contributed by atoms with van der Waals surface area (Å²) >= 11 is 0. The molecule has 0 amide bonds. The van der Waals surface area contributed by atoms with Crippen molar-refractivity contribution >= 4 is 33.5 Å². The Labute approximate surface area is 487 Å². The Kier molecular flexibility index (Phi) is 12.1. The highest BCUT2D eigenvalue weighted by atomic mass is 16.5. The number of aliphatic imine (C=N–C) groups is 1. The molecule has 5 aliphatic carbocycles. The summed E-state index contributed by atoms with van der Waals surface area (Å²) in [5.74, 6) is 3.90. The standard InChI is InChI=1S/C78H65N3O2/c1-47-41-68(54-22-14-21-51(42-54)49-17-6-4-7-18-49)63-24-11-12-25-64(63)69-44-52(31-35-58(47)69)53-34-38-71-70(45-53)75-67(29-16-30-72(75)83-71)78-80-76(79-77(81(78)3)50-19-8-5-9-20-50)57-33-36-61-56(43-57)39-40-82-73-46-55(32-37-65(61)73)62-28-15-27-60-48(2)59-23-10-13-26-66(59)74(60)62/h4,6-8,10-15,17-29,31-38,42,44-47,56,68,77-78H,2,5,9,16,30,39-41,43H2,1,3H3,(H,79,80)/t47-,56?,68?,77?,78?/m1/s1. The zero-order chi connectivity index (χ0) is 55.3. The zero-order valence-electron chi connectivity index (χ0n) is 47.2. The van der Waals surface area contributed by atoms with E-state index in [4.69, 9.17) is 14.1 Å². The minimum absolute atomic E-state index is 0.148. The number of aryl methyl sites for hydroxylation is 1. The van der Waals surface area contributed by atoms with Crippen LogP contribution in [0.25, 0.3) is 83.3 Å². The lowest BCUT2D eigenvalue weighted by Gasteiger charge is -2.42. The van der Waals surface area contributed by atoms with Crippen LogP contribution in [-0.2, 0) is 6.42 Å². The number of ether oxygens (including phenoxy) is 1. The molecule has 0 saturated heterocycles. The predicted molar refractivity (Wildman–Crippen MR) is 342 cm³/mol. The Morgan fingerprint density at radius 1 is 0.602 bits per heavy atom. The van der Waals surface area contributed by atoms with E-state index in [9.17, 15) is 0 Å². The van der Waals surface area contributed by atoms with Gasteiger partial charge in [-0.15, -0.1) is 0 Å². The molecule has 83 heavy (non-hydrogen) atoms. The van der Waals surface area contributed by atoms with Gasteiger partial charge in [0.1, 0.15) is 35.3 Å². The fourth-order valence-electron chi connectivity index (χ4n) is 15.0. The van der Waals surface area contributed by atoms with Crippen molar-refractivity contribution in [3.8, 4) is 61.4 Å². The maximum absolute atomic E-state index is 6.88. The van der Waals surface area contributed by atoms with Crippen molar-refractivity contribution in [1.82, 2.24) is 10.2 Å². The van der Waals surface area contributed by atoms with Crippen LogP contribution in [0.15, 0.2) is 240 Å². The van der Waals surface area contributed by atoms with Crippen LogP contribution in [0.5, 0.6) is 5.75 Å². The molecule has 5 nitrogen and oxygen atoms in total. The van der Waals surface area contributed by atoms with Crippen LogP contribution in [0.4, 0.5) is 0 Å². The molecule has 5 heteroatoms. The van der Waals surface area contributed by atoms with Gasteiger partial charge in [-0.2, -0.15) is 0 Å². The SMILES string of the molecule is C=C1c2ccccc2-c2c1cccc2-c1ccc2c(c1)OCCC1CC(C3=NC(C4=CCCC=C4)N(C)C(C4=CCCc5oc6ccc(-c7ccc8c(c7)-c7ccccc7C(c7cccc(-c9ccccc9)c7)C[C@H]8C)cc6c54)N3)=CC=C21. The number of benzene rings is 8. The summed E-state index contributed by atoms with van der Waals surface area (Å²) < 4.78 is 13.6. The van der Waals surface area contributed by atoms with E-state index in [0.717, 1.165) is 84.4 Å². The number of hydrogen-bond donors (Lipinski definition) is 1. The summed E-state index contributed by atoms with van der Waals surface area (Å²) in [6.07, 6.45) is 20.6. The fraction of sp³-hybridized carbons (Fsp3) is 0.192. The molecule has 3 heterocycles. The molecule has 4 unspecified atom stereocenters. The Morgan fingerprint density at radius 2 is 1.37 bits per heavy atom. The molecule has 2 aliphatic heterocycles. The number of amidine groups is 1. The van der Waals surface area contributed by atoms with Gasteiger partial charge in [-0.05, 0) is 193 Å². The van der Waals surface area contributed by atoms with E-state index in [1.165, 1.54) is 111 Å². The fourth-order valence-corrected chi connectivity index (χ4v) is 15.0. The van der Waals surface area contributed by atoms with Gasteiger partial charge in [0.15, 0.2) is 0 Å². The number of nitrogens with zero attached hydrogens (tertiary/aromatic N) is 2. The van der Waals surface area contributed by atoms with Crippen LogP contribution in [0, 0.1) is 5.92 Å². The maximum Gasteiger partial charge on any atom is 0.134 e. The van der Waals surface area contributed by atoms with Gasteiger partial charge in [0.05, 0.1) is 6.61 Å². The van der Waals surface area contributed by atoms with Gasteiger partial charge in [0.2, 0.25) is 0 Å². The second kappa shape index (κ2) is 20.1. The van der Waals surface area contributed by atoms with E-state index in [1.54, 1.807) is 0 Å². The zero-order valence-corrected chi connectivity index (χ0v) is 47.2. The monoisotopic (exact) mass is 1080 g/mol. The normalized spacial score (nSPS) is 21.3. The molecule has 8 aromatic carbocycles. The van der Waals surface area contributed by atoms with Gasteiger partial charge in [-0.25, -0.2) is 4.99 Å². The number of likely N-dealkylation sites (N-methyl/N-ethyl adjacent to an activating group) is 1. The van der Waals surface area contributed by atoms with Crippen LogP contribution < -0.4 is 10.1 Å². The third-order valence-corrected chi connectivity index (χ3v) is 19.2. The summed E-state index contributed by atoms with van der Waals surface area (Å²) in [6.45, 7) is 7.56. The topological polar surface area (TPSA) is 50.0 Å². The molecule has 16 rings (SSSR count). The van der Waals surface area contributed by atoms with Crippen LogP contribution in [0.2, 0.25) is 0 Å². The van der Waals surface area contributed by atoms with E-state index >= 15 is 0 Å². The molecule has 1 N–H and O–H groups in total. The quantitative estimate of drug-likeness (QED) is 0.173. The second-order valence-corrected chi connectivity index (χ2v) is 23.9. The molecule has 0 radical (unpaired) electrons. The average molecular weight is 1080 g/mol.